The molecule has 168 valence electrons. The lowest BCUT2D eigenvalue weighted by Gasteiger charge is -2.20. The van der Waals surface area contributed by atoms with Crippen LogP contribution >= 0.6 is 0 Å². The predicted octanol–water partition coefficient (Wildman–Crippen LogP) is 3.25. The Bertz CT molecular complexity index is 1080. The molecule has 2 aromatic rings. The van der Waals surface area contributed by atoms with Gasteiger partial charge in [0.15, 0.2) is 11.5 Å². The van der Waals surface area contributed by atoms with Gasteiger partial charge in [-0.2, -0.15) is 0 Å². The Morgan fingerprint density at radius 2 is 1.68 bits per heavy atom. The van der Waals surface area contributed by atoms with Gasteiger partial charge in [0, 0.05) is 17.7 Å². The highest BCUT2D eigenvalue weighted by atomic mass is 32.2. The third-order valence-electron chi connectivity index (χ3n) is 4.55. The first kappa shape index (κ1) is 24.2. The highest BCUT2D eigenvalue weighted by Gasteiger charge is 2.27. The summed E-state index contributed by atoms with van der Waals surface area (Å²) in [6.07, 6.45) is 2.62. The molecule has 0 bridgehead atoms. The summed E-state index contributed by atoms with van der Waals surface area (Å²) in [5.41, 5.74) is 2.08. The zero-order valence-electron chi connectivity index (χ0n) is 18.4. The SMILES string of the molecule is COC(=O)/C=C/c1cc(OC)c(OC)c(S(=O)(=O)NC(C)c2cc(C)ccc2OC)c1. The molecule has 0 saturated heterocycles. The Kier molecular flexibility index (Phi) is 8.07. The second kappa shape index (κ2) is 10.3. The van der Waals surface area contributed by atoms with Gasteiger partial charge < -0.3 is 18.9 Å². The van der Waals surface area contributed by atoms with Crippen molar-refractivity contribution in [2.24, 2.45) is 0 Å². The average molecular weight is 450 g/mol. The van der Waals surface area contributed by atoms with Gasteiger partial charge in [-0.3, -0.25) is 0 Å². The van der Waals surface area contributed by atoms with Crippen molar-refractivity contribution in [2.75, 3.05) is 28.4 Å². The van der Waals surface area contributed by atoms with E-state index in [1.165, 1.54) is 46.7 Å². The summed E-state index contributed by atoms with van der Waals surface area (Å²) in [6, 6.07) is 7.89. The van der Waals surface area contributed by atoms with Crippen LogP contribution in [0, 0.1) is 6.92 Å². The number of aryl methyl sites for hydroxylation is 1. The highest BCUT2D eigenvalue weighted by molar-refractivity contribution is 7.89. The zero-order chi connectivity index (χ0) is 23.2. The van der Waals surface area contributed by atoms with Crippen molar-refractivity contribution in [1.82, 2.24) is 4.72 Å². The molecule has 0 aliphatic carbocycles. The molecule has 31 heavy (non-hydrogen) atoms. The second-order valence-corrected chi connectivity index (χ2v) is 8.38. The third-order valence-corrected chi connectivity index (χ3v) is 6.10. The number of hydrogen-bond donors (Lipinski definition) is 1. The molecule has 0 saturated carbocycles. The molecule has 0 spiro atoms. The number of methoxy groups -OCH3 is 4. The number of sulfonamides is 1. The molecule has 0 aliphatic rings. The van der Waals surface area contributed by atoms with Crippen LogP contribution in [0.1, 0.15) is 29.7 Å². The van der Waals surface area contributed by atoms with Crippen molar-refractivity contribution >= 4 is 22.1 Å². The van der Waals surface area contributed by atoms with E-state index in [9.17, 15) is 13.2 Å². The minimum absolute atomic E-state index is 0.0497. The topological polar surface area (TPSA) is 100 Å². The van der Waals surface area contributed by atoms with E-state index >= 15 is 0 Å². The first-order valence-corrected chi connectivity index (χ1v) is 10.8. The molecule has 8 nitrogen and oxygen atoms in total. The summed E-state index contributed by atoms with van der Waals surface area (Å²) < 4.78 is 49.8. The largest absolute Gasteiger partial charge is 0.496 e. The second-order valence-electron chi connectivity index (χ2n) is 6.70. The van der Waals surface area contributed by atoms with Crippen LogP contribution in [-0.2, 0) is 19.6 Å². The number of carbonyl (C=O) groups is 1. The zero-order valence-corrected chi connectivity index (χ0v) is 19.2. The van der Waals surface area contributed by atoms with E-state index in [2.05, 4.69) is 9.46 Å². The van der Waals surface area contributed by atoms with Gasteiger partial charge >= 0.3 is 5.97 Å². The molecule has 0 amide bonds. The number of rotatable bonds is 9. The van der Waals surface area contributed by atoms with Crippen LogP contribution in [0.15, 0.2) is 41.3 Å². The molecule has 0 radical (unpaired) electrons. The molecule has 9 heteroatoms. The van der Waals surface area contributed by atoms with Gasteiger partial charge in [0.05, 0.1) is 28.4 Å². The maximum absolute atomic E-state index is 13.3. The van der Waals surface area contributed by atoms with Gasteiger partial charge in [-0.15, -0.1) is 0 Å². The van der Waals surface area contributed by atoms with E-state index < -0.39 is 22.0 Å². The van der Waals surface area contributed by atoms with E-state index in [1.54, 1.807) is 19.1 Å². The van der Waals surface area contributed by atoms with E-state index in [1.807, 2.05) is 19.1 Å². The molecule has 2 rings (SSSR count). The van der Waals surface area contributed by atoms with Crippen LogP contribution < -0.4 is 18.9 Å². The summed E-state index contributed by atoms with van der Waals surface area (Å²) >= 11 is 0. The van der Waals surface area contributed by atoms with Gasteiger partial charge in [-0.25, -0.2) is 17.9 Å². The maximum atomic E-state index is 13.3. The van der Waals surface area contributed by atoms with Crippen LogP contribution in [0.3, 0.4) is 0 Å². The molecular formula is C22H27NO7S. The fraction of sp³-hybridized carbons (Fsp3) is 0.318. The summed E-state index contributed by atoms with van der Waals surface area (Å²) in [4.78, 5) is 11.3. The van der Waals surface area contributed by atoms with Gasteiger partial charge in [0.1, 0.15) is 10.6 Å². The lowest BCUT2D eigenvalue weighted by atomic mass is 10.1. The number of nitrogens with one attached hydrogen (secondary N) is 1. The lowest BCUT2D eigenvalue weighted by Crippen LogP contribution is -2.27. The summed E-state index contributed by atoms with van der Waals surface area (Å²) in [7, 11) is 1.49. The van der Waals surface area contributed by atoms with Crippen LogP contribution in [-0.4, -0.2) is 42.8 Å². The smallest absolute Gasteiger partial charge is 0.330 e. The van der Waals surface area contributed by atoms with E-state index in [0.717, 1.165) is 5.56 Å². The van der Waals surface area contributed by atoms with Crippen molar-refractivity contribution in [3.8, 4) is 17.2 Å². The molecule has 0 aromatic heterocycles. The standard InChI is InChI=1S/C22H27NO7S/c1-14-7-9-18(27-3)17(11-14)15(2)23-31(25,26)20-13-16(8-10-21(24)29-5)12-19(28-4)22(20)30-6/h7-13,15,23H,1-6H3/b10-8+. The number of esters is 1. The number of carbonyl (C=O) groups excluding carboxylic acids is 1. The van der Waals surface area contributed by atoms with Crippen LogP contribution in [0.25, 0.3) is 6.08 Å². The minimum atomic E-state index is -4.05. The van der Waals surface area contributed by atoms with Crippen molar-refractivity contribution in [2.45, 2.75) is 24.8 Å². The molecule has 1 N–H and O–H groups in total. The van der Waals surface area contributed by atoms with Gasteiger partial charge in [-0.05, 0) is 43.7 Å². The monoisotopic (exact) mass is 449 g/mol. The Hall–Kier alpha value is -3.04. The fourth-order valence-corrected chi connectivity index (χ4v) is 4.47. The summed E-state index contributed by atoms with van der Waals surface area (Å²) in [5, 5.41) is 0. The molecule has 0 heterocycles. The molecule has 1 unspecified atom stereocenters. The van der Waals surface area contributed by atoms with Crippen molar-refractivity contribution < 1.29 is 32.2 Å². The van der Waals surface area contributed by atoms with Crippen molar-refractivity contribution in [3.05, 3.63) is 53.1 Å². The summed E-state index contributed by atoms with van der Waals surface area (Å²) in [5.74, 6) is 0.252. The Morgan fingerprint density at radius 1 is 1.00 bits per heavy atom. The van der Waals surface area contributed by atoms with E-state index in [0.29, 0.717) is 16.9 Å². The number of benzene rings is 2. The summed E-state index contributed by atoms with van der Waals surface area (Å²) in [6.45, 7) is 3.63. The van der Waals surface area contributed by atoms with Gasteiger partial charge in [-0.1, -0.05) is 17.7 Å². The van der Waals surface area contributed by atoms with Crippen LogP contribution in [0.2, 0.25) is 0 Å². The highest BCUT2D eigenvalue weighted by Crippen LogP contribution is 2.37. The van der Waals surface area contributed by atoms with E-state index in [-0.39, 0.29) is 16.4 Å². The first-order valence-electron chi connectivity index (χ1n) is 9.35. The third kappa shape index (κ3) is 5.77. The molecule has 2 aromatic carbocycles. The van der Waals surface area contributed by atoms with Crippen molar-refractivity contribution in [3.63, 3.8) is 0 Å². The number of ether oxygens (including phenoxy) is 4. The quantitative estimate of drug-likeness (QED) is 0.463. The number of hydrogen-bond acceptors (Lipinski definition) is 7. The van der Waals surface area contributed by atoms with Gasteiger partial charge in [0.25, 0.3) is 0 Å². The minimum Gasteiger partial charge on any atom is -0.496 e. The first-order chi connectivity index (χ1) is 14.7. The molecular weight excluding hydrogens is 422 g/mol. The molecule has 0 aliphatic heterocycles. The van der Waals surface area contributed by atoms with Crippen LogP contribution in [0.4, 0.5) is 0 Å². The fourth-order valence-electron chi connectivity index (χ4n) is 3.03. The maximum Gasteiger partial charge on any atom is 0.330 e. The Morgan fingerprint density at radius 3 is 2.26 bits per heavy atom. The Labute approximate surface area is 182 Å². The van der Waals surface area contributed by atoms with E-state index in [4.69, 9.17) is 14.2 Å². The van der Waals surface area contributed by atoms with Crippen LogP contribution in [0.5, 0.6) is 17.2 Å². The Balaban J connectivity index is 2.52. The molecule has 1 atom stereocenters. The van der Waals surface area contributed by atoms with Crippen molar-refractivity contribution in [1.29, 1.82) is 0 Å². The molecule has 0 fully saturated rings. The average Bonchev–Trinajstić information content (AvgIpc) is 2.76. The predicted molar refractivity (Wildman–Crippen MR) is 117 cm³/mol. The van der Waals surface area contributed by atoms with Gasteiger partial charge in [0.2, 0.25) is 10.0 Å². The lowest BCUT2D eigenvalue weighted by molar-refractivity contribution is -0.134. The normalized spacial score (nSPS) is 12.5.